The number of nitrogens with zero attached hydrogens (tertiary/aromatic N) is 3. The summed E-state index contributed by atoms with van der Waals surface area (Å²) in [6, 6.07) is 21.9. The average molecular weight is 406 g/mol. The van der Waals surface area contributed by atoms with Crippen molar-refractivity contribution in [3.05, 3.63) is 77.5 Å². The number of likely N-dealkylation sites (N-methyl/N-ethyl adjacent to an activating group) is 1. The molecule has 0 saturated carbocycles. The average Bonchev–Trinajstić information content (AvgIpc) is 3.07. The minimum atomic E-state index is 0.968. The summed E-state index contributed by atoms with van der Waals surface area (Å²) in [7, 11) is 2.17. The van der Waals surface area contributed by atoms with Gasteiger partial charge in [0.25, 0.3) is 0 Å². The molecule has 3 nitrogen and oxygen atoms in total. The fraction of sp³-hybridized carbons (Fsp3) is 0.250. The third-order valence-corrected chi connectivity index (χ3v) is 7.23. The van der Waals surface area contributed by atoms with Crippen molar-refractivity contribution in [3.8, 4) is 11.3 Å². The number of aryl methyl sites for hydroxylation is 1. The van der Waals surface area contributed by atoms with Gasteiger partial charge in [-0.25, -0.2) is 4.98 Å². The van der Waals surface area contributed by atoms with Gasteiger partial charge in [-0.05, 0) is 53.9 Å². The van der Waals surface area contributed by atoms with E-state index in [1.54, 1.807) is 0 Å². The molecule has 0 N–H and O–H groups in total. The molecule has 0 saturated heterocycles. The lowest BCUT2D eigenvalue weighted by atomic mass is 9.89. The summed E-state index contributed by atoms with van der Waals surface area (Å²) in [4.78, 5) is 7.91. The van der Waals surface area contributed by atoms with E-state index in [1.807, 2.05) is 0 Å². The maximum Gasteiger partial charge on any atom is 0.0781 e. The maximum absolute atomic E-state index is 5.36. The maximum atomic E-state index is 5.36. The van der Waals surface area contributed by atoms with Crippen LogP contribution in [0.1, 0.15) is 23.7 Å². The molecule has 31 heavy (non-hydrogen) atoms. The zero-order valence-electron chi connectivity index (χ0n) is 18.4. The van der Waals surface area contributed by atoms with Crippen LogP contribution in [0.5, 0.6) is 0 Å². The SMILES string of the molecule is CCN1CCc2c(c(-c3c(C)n(C)c4ccccc34)nc3ccc4ccccc4c23)C1. The normalized spacial score (nSPS) is 14.5. The fourth-order valence-corrected chi connectivity index (χ4v) is 5.47. The Morgan fingerprint density at radius 1 is 0.903 bits per heavy atom. The van der Waals surface area contributed by atoms with Gasteiger partial charge < -0.3 is 4.57 Å². The van der Waals surface area contributed by atoms with Gasteiger partial charge in [-0.1, -0.05) is 55.5 Å². The van der Waals surface area contributed by atoms with Crippen LogP contribution in [0.3, 0.4) is 0 Å². The molecule has 5 aromatic rings. The summed E-state index contributed by atoms with van der Waals surface area (Å²) < 4.78 is 2.31. The molecule has 0 amide bonds. The topological polar surface area (TPSA) is 21.1 Å². The summed E-state index contributed by atoms with van der Waals surface area (Å²) in [5, 5.41) is 5.28. The van der Waals surface area contributed by atoms with E-state index in [0.717, 1.165) is 31.6 Å². The highest BCUT2D eigenvalue weighted by molar-refractivity contribution is 6.10. The van der Waals surface area contributed by atoms with E-state index < -0.39 is 0 Å². The molecule has 0 radical (unpaired) electrons. The Bertz CT molecular complexity index is 1470. The third-order valence-electron chi connectivity index (χ3n) is 7.23. The van der Waals surface area contributed by atoms with E-state index >= 15 is 0 Å². The molecule has 6 rings (SSSR count). The van der Waals surface area contributed by atoms with Crippen molar-refractivity contribution in [2.75, 3.05) is 13.1 Å². The molecule has 3 heteroatoms. The Hall–Kier alpha value is -3.17. The highest BCUT2D eigenvalue weighted by atomic mass is 15.1. The second kappa shape index (κ2) is 6.93. The summed E-state index contributed by atoms with van der Waals surface area (Å²) in [5.74, 6) is 0. The molecule has 0 unspecified atom stereocenters. The van der Waals surface area contributed by atoms with Crippen molar-refractivity contribution in [2.24, 2.45) is 7.05 Å². The number of hydrogen-bond donors (Lipinski definition) is 0. The van der Waals surface area contributed by atoms with Crippen molar-refractivity contribution in [1.82, 2.24) is 14.5 Å². The Morgan fingerprint density at radius 3 is 2.52 bits per heavy atom. The van der Waals surface area contributed by atoms with Crippen LogP contribution in [0.15, 0.2) is 60.7 Å². The Balaban J connectivity index is 1.76. The van der Waals surface area contributed by atoms with Gasteiger partial charge in [0.2, 0.25) is 0 Å². The first kappa shape index (κ1) is 18.6. The predicted octanol–water partition coefficient (Wildman–Crippen LogP) is 6.23. The van der Waals surface area contributed by atoms with Gasteiger partial charge >= 0.3 is 0 Å². The molecule has 3 heterocycles. The fourth-order valence-electron chi connectivity index (χ4n) is 5.47. The van der Waals surface area contributed by atoms with Crippen LogP contribution >= 0.6 is 0 Å². The summed E-state index contributed by atoms with van der Waals surface area (Å²) >= 11 is 0. The number of aromatic nitrogens is 2. The number of para-hydroxylation sites is 1. The van der Waals surface area contributed by atoms with Crippen molar-refractivity contribution in [3.63, 3.8) is 0 Å². The van der Waals surface area contributed by atoms with E-state index in [4.69, 9.17) is 4.98 Å². The quantitative estimate of drug-likeness (QED) is 0.325. The number of rotatable bonds is 2. The van der Waals surface area contributed by atoms with Crippen molar-refractivity contribution in [1.29, 1.82) is 0 Å². The zero-order chi connectivity index (χ0) is 21.1. The molecule has 0 fully saturated rings. The Labute approximate surface area is 182 Å². The van der Waals surface area contributed by atoms with Crippen LogP contribution in [0.2, 0.25) is 0 Å². The molecule has 0 aliphatic carbocycles. The number of fused-ring (bicyclic) bond motifs is 6. The lowest BCUT2D eigenvalue weighted by Crippen LogP contribution is -2.31. The van der Waals surface area contributed by atoms with Crippen molar-refractivity contribution < 1.29 is 0 Å². The minimum absolute atomic E-state index is 0.968. The largest absolute Gasteiger partial charge is 0.347 e. The molecule has 0 spiro atoms. The first-order chi connectivity index (χ1) is 15.2. The van der Waals surface area contributed by atoms with Crippen LogP contribution in [0.25, 0.3) is 43.8 Å². The predicted molar refractivity (Wildman–Crippen MR) is 131 cm³/mol. The summed E-state index contributed by atoms with van der Waals surface area (Å²) in [6.07, 6.45) is 1.08. The second-order valence-electron chi connectivity index (χ2n) is 8.75. The van der Waals surface area contributed by atoms with Gasteiger partial charge in [0.1, 0.15) is 0 Å². The molecule has 1 aliphatic rings. The van der Waals surface area contributed by atoms with Crippen LogP contribution in [0.4, 0.5) is 0 Å². The van der Waals surface area contributed by atoms with Gasteiger partial charge in [-0.15, -0.1) is 0 Å². The van der Waals surface area contributed by atoms with Gasteiger partial charge in [0, 0.05) is 47.7 Å². The number of hydrogen-bond acceptors (Lipinski definition) is 2. The highest BCUT2D eigenvalue weighted by Gasteiger charge is 2.26. The smallest absolute Gasteiger partial charge is 0.0781 e. The van der Waals surface area contributed by atoms with Crippen LogP contribution in [-0.2, 0) is 20.0 Å². The first-order valence-corrected chi connectivity index (χ1v) is 11.3. The molecule has 3 aromatic carbocycles. The van der Waals surface area contributed by atoms with E-state index in [1.165, 1.54) is 55.1 Å². The van der Waals surface area contributed by atoms with E-state index in [-0.39, 0.29) is 0 Å². The minimum Gasteiger partial charge on any atom is -0.347 e. The monoisotopic (exact) mass is 405 g/mol. The van der Waals surface area contributed by atoms with Crippen LogP contribution in [0, 0.1) is 6.92 Å². The zero-order valence-corrected chi connectivity index (χ0v) is 18.4. The lowest BCUT2D eigenvalue weighted by Gasteiger charge is -2.30. The van der Waals surface area contributed by atoms with Gasteiger partial charge in [0.15, 0.2) is 0 Å². The second-order valence-corrected chi connectivity index (χ2v) is 8.75. The molecule has 0 atom stereocenters. The number of benzene rings is 3. The molecule has 1 aliphatic heterocycles. The summed E-state index contributed by atoms with van der Waals surface area (Å²) in [6.45, 7) is 7.64. The van der Waals surface area contributed by atoms with Gasteiger partial charge in [-0.2, -0.15) is 0 Å². The van der Waals surface area contributed by atoms with E-state index in [2.05, 4.69) is 91.0 Å². The third kappa shape index (κ3) is 2.66. The van der Waals surface area contributed by atoms with Crippen molar-refractivity contribution >= 4 is 32.6 Å². The molecule has 154 valence electrons. The molecule has 0 bridgehead atoms. The molecular weight excluding hydrogens is 378 g/mol. The number of pyridine rings is 1. The van der Waals surface area contributed by atoms with Crippen LogP contribution in [-0.4, -0.2) is 27.5 Å². The standard InChI is InChI=1S/C28H27N3/c1-4-31-16-15-21-23(17-31)28(26-18(2)30(3)25-12-8-7-11-22(25)26)29-24-14-13-19-9-5-6-10-20(19)27(21)24/h5-14H,4,15-17H2,1-3H3. The highest BCUT2D eigenvalue weighted by Crippen LogP contribution is 2.41. The Morgan fingerprint density at radius 2 is 1.68 bits per heavy atom. The Kier molecular flexibility index (Phi) is 4.15. The lowest BCUT2D eigenvalue weighted by molar-refractivity contribution is 0.269. The molecular formula is C28H27N3. The van der Waals surface area contributed by atoms with Crippen LogP contribution < -0.4 is 0 Å². The van der Waals surface area contributed by atoms with Gasteiger partial charge in [-0.3, -0.25) is 4.90 Å². The molecule has 2 aromatic heterocycles. The van der Waals surface area contributed by atoms with Crippen molar-refractivity contribution in [2.45, 2.75) is 26.8 Å². The van der Waals surface area contributed by atoms with E-state index in [0.29, 0.717) is 0 Å². The van der Waals surface area contributed by atoms with E-state index in [9.17, 15) is 0 Å². The van der Waals surface area contributed by atoms with Gasteiger partial charge in [0.05, 0.1) is 11.2 Å². The summed E-state index contributed by atoms with van der Waals surface area (Å²) in [5.41, 5.74) is 9.04. The first-order valence-electron chi connectivity index (χ1n) is 11.3.